The largest absolute Gasteiger partial charge is 0.453 e. The van der Waals surface area contributed by atoms with E-state index in [1.807, 2.05) is 0 Å². The molecule has 1 N–H and O–H groups in total. The predicted octanol–water partition coefficient (Wildman–Crippen LogP) is 2.15. The summed E-state index contributed by atoms with van der Waals surface area (Å²) in [7, 11) is 0. The van der Waals surface area contributed by atoms with Crippen LogP contribution in [-0.4, -0.2) is 56.6 Å². The van der Waals surface area contributed by atoms with Gasteiger partial charge < -0.3 is 10.2 Å². The van der Waals surface area contributed by atoms with Crippen molar-refractivity contribution in [3.63, 3.8) is 0 Å². The van der Waals surface area contributed by atoms with E-state index in [9.17, 15) is 18.0 Å². The summed E-state index contributed by atoms with van der Waals surface area (Å²) in [6.07, 6.45) is -4.02. The predicted molar refractivity (Wildman–Crippen MR) is 94.4 cm³/mol. The van der Waals surface area contributed by atoms with Gasteiger partial charge in [-0.05, 0) is 38.9 Å². The zero-order valence-corrected chi connectivity index (χ0v) is 16.0. The number of likely N-dealkylation sites (N-methyl/N-ethyl adjacent to an activating group) is 1. The van der Waals surface area contributed by atoms with Crippen molar-refractivity contribution >= 4 is 11.7 Å². The fraction of sp³-hybridized carbons (Fsp3) is 0.647. The highest BCUT2D eigenvalue weighted by Crippen LogP contribution is 2.27. The van der Waals surface area contributed by atoms with E-state index in [4.69, 9.17) is 0 Å². The maximum absolute atomic E-state index is 12.8. The van der Waals surface area contributed by atoms with E-state index in [1.54, 1.807) is 13.8 Å². The standard InChI is InChI=1S/C17H25F3N6O/c1-5-25(6-2)10-9-21-14(27)8-7-13-11(3)22-16-23-15(17(18,19)20)24-26(16)12(13)4/h5-10H2,1-4H3,(H,21,27). The second kappa shape index (κ2) is 8.64. The van der Waals surface area contributed by atoms with Gasteiger partial charge in [-0.3, -0.25) is 4.79 Å². The average Bonchev–Trinajstić information content (AvgIpc) is 3.03. The van der Waals surface area contributed by atoms with Crippen molar-refractivity contribution < 1.29 is 18.0 Å². The lowest BCUT2D eigenvalue weighted by atomic mass is 10.1. The van der Waals surface area contributed by atoms with Gasteiger partial charge in [0.25, 0.3) is 11.6 Å². The van der Waals surface area contributed by atoms with Crippen LogP contribution in [0.5, 0.6) is 0 Å². The summed E-state index contributed by atoms with van der Waals surface area (Å²) in [6.45, 7) is 10.7. The molecule has 7 nitrogen and oxygen atoms in total. The first-order valence-electron chi connectivity index (χ1n) is 8.96. The smallest absolute Gasteiger partial charge is 0.355 e. The molecule has 0 unspecified atom stereocenters. The highest BCUT2D eigenvalue weighted by Gasteiger charge is 2.36. The van der Waals surface area contributed by atoms with E-state index >= 15 is 0 Å². The van der Waals surface area contributed by atoms with Gasteiger partial charge in [-0.25, -0.2) is 9.50 Å². The zero-order valence-electron chi connectivity index (χ0n) is 16.0. The Morgan fingerprint density at radius 1 is 1.19 bits per heavy atom. The molecule has 0 saturated heterocycles. The molecule has 0 fully saturated rings. The average molecular weight is 386 g/mol. The maximum atomic E-state index is 12.8. The summed E-state index contributed by atoms with van der Waals surface area (Å²) >= 11 is 0. The summed E-state index contributed by atoms with van der Waals surface area (Å²) < 4.78 is 39.5. The first kappa shape index (κ1) is 21.1. The summed E-state index contributed by atoms with van der Waals surface area (Å²) in [5.41, 5.74) is 1.77. The molecule has 0 aliphatic carbocycles. The monoisotopic (exact) mass is 386 g/mol. The Morgan fingerprint density at radius 3 is 2.44 bits per heavy atom. The van der Waals surface area contributed by atoms with Crippen LogP contribution in [0.4, 0.5) is 13.2 Å². The third kappa shape index (κ3) is 5.15. The normalized spacial score (nSPS) is 12.1. The molecule has 0 aromatic carbocycles. The Kier molecular flexibility index (Phi) is 6.74. The molecule has 0 aliphatic rings. The number of rotatable bonds is 8. The van der Waals surface area contributed by atoms with Crippen LogP contribution in [0.25, 0.3) is 5.78 Å². The Hall–Kier alpha value is -2.23. The van der Waals surface area contributed by atoms with Crippen molar-refractivity contribution in [2.24, 2.45) is 0 Å². The highest BCUT2D eigenvalue weighted by atomic mass is 19.4. The SMILES string of the molecule is CCN(CC)CCNC(=O)CCc1c(C)nc2nc(C(F)(F)F)nn2c1C. The number of carbonyl (C=O) groups is 1. The molecule has 2 aromatic heterocycles. The number of carbonyl (C=O) groups excluding carboxylic acids is 1. The number of aryl methyl sites for hydroxylation is 2. The van der Waals surface area contributed by atoms with Gasteiger partial charge in [0.05, 0.1) is 0 Å². The number of fused-ring (bicyclic) bond motifs is 1. The van der Waals surface area contributed by atoms with E-state index in [2.05, 4.69) is 39.1 Å². The number of alkyl halides is 3. The Balaban J connectivity index is 2.05. The second-order valence-electron chi connectivity index (χ2n) is 6.28. The Morgan fingerprint density at radius 2 is 1.85 bits per heavy atom. The molecular formula is C17H25F3N6O. The summed E-state index contributed by atoms with van der Waals surface area (Å²) in [4.78, 5) is 21.8. The number of halogens is 3. The van der Waals surface area contributed by atoms with Crippen molar-refractivity contribution in [3.05, 3.63) is 22.8 Å². The van der Waals surface area contributed by atoms with Crippen LogP contribution < -0.4 is 5.32 Å². The van der Waals surface area contributed by atoms with Crippen molar-refractivity contribution in [1.29, 1.82) is 0 Å². The number of aromatic nitrogens is 4. The van der Waals surface area contributed by atoms with E-state index in [0.717, 1.165) is 24.1 Å². The fourth-order valence-corrected chi connectivity index (χ4v) is 2.91. The van der Waals surface area contributed by atoms with Crippen molar-refractivity contribution in [3.8, 4) is 0 Å². The van der Waals surface area contributed by atoms with E-state index in [0.29, 0.717) is 29.9 Å². The molecule has 0 spiro atoms. The second-order valence-corrected chi connectivity index (χ2v) is 6.28. The molecule has 0 bridgehead atoms. The van der Waals surface area contributed by atoms with Gasteiger partial charge in [0.1, 0.15) is 0 Å². The van der Waals surface area contributed by atoms with Crippen molar-refractivity contribution in [1.82, 2.24) is 29.8 Å². The molecule has 0 saturated carbocycles. The summed E-state index contributed by atoms with van der Waals surface area (Å²) in [5, 5.41) is 6.38. The first-order valence-corrected chi connectivity index (χ1v) is 8.96. The van der Waals surface area contributed by atoms with Crippen LogP contribution in [0.15, 0.2) is 0 Å². The lowest BCUT2D eigenvalue weighted by Crippen LogP contribution is -2.34. The van der Waals surface area contributed by atoms with Crippen LogP contribution in [0.3, 0.4) is 0 Å². The molecule has 2 heterocycles. The number of hydrogen-bond donors (Lipinski definition) is 1. The van der Waals surface area contributed by atoms with Gasteiger partial charge in [0, 0.05) is 30.9 Å². The molecule has 2 rings (SSSR count). The molecule has 27 heavy (non-hydrogen) atoms. The van der Waals surface area contributed by atoms with Gasteiger partial charge in [0.2, 0.25) is 5.91 Å². The van der Waals surface area contributed by atoms with Gasteiger partial charge in [-0.1, -0.05) is 13.8 Å². The van der Waals surface area contributed by atoms with Crippen molar-refractivity contribution in [2.75, 3.05) is 26.2 Å². The third-order valence-electron chi connectivity index (χ3n) is 4.55. The van der Waals surface area contributed by atoms with Gasteiger partial charge in [-0.2, -0.15) is 18.2 Å². The van der Waals surface area contributed by atoms with Gasteiger partial charge in [-0.15, -0.1) is 5.10 Å². The third-order valence-corrected chi connectivity index (χ3v) is 4.55. The molecule has 2 aromatic rings. The maximum Gasteiger partial charge on any atom is 0.453 e. The Bertz CT molecular complexity index is 798. The topological polar surface area (TPSA) is 75.4 Å². The van der Waals surface area contributed by atoms with E-state index in [1.165, 1.54) is 0 Å². The molecular weight excluding hydrogens is 361 g/mol. The molecule has 0 atom stereocenters. The van der Waals surface area contributed by atoms with Crippen LogP contribution in [0.1, 0.15) is 43.0 Å². The molecule has 0 aliphatic heterocycles. The van der Waals surface area contributed by atoms with Crippen LogP contribution >= 0.6 is 0 Å². The van der Waals surface area contributed by atoms with Crippen LogP contribution in [0, 0.1) is 13.8 Å². The molecule has 150 valence electrons. The van der Waals surface area contributed by atoms with E-state index < -0.39 is 12.0 Å². The quantitative estimate of drug-likeness (QED) is 0.752. The lowest BCUT2D eigenvalue weighted by Gasteiger charge is -2.18. The van der Waals surface area contributed by atoms with E-state index in [-0.39, 0.29) is 18.1 Å². The summed E-state index contributed by atoms with van der Waals surface area (Å²) in [6, 6.07) is 0. The molecule has 1 amide bonds. The highest BCUT2D eigenvalue weighted by molar-refractivity contribution is 5.76. The molecule has 0 radical (unpaired) electrons. The van der Waals surface area contributed by atoms with Crippen molar-refractivity contribution in [2.45, 2.75) is 46.7 Å². The van der Waals surface area contributed by atoms with Gasteiger partial charge in [0.15, 0.2) is 0 Å². The minimum Gasteiger partial charge on any atom is -0.355 e. The Labute approximate surface area is 156 Å². The number of amides is 1. The minimum atomic E-state index is -4.63. The van der Waals surface area contributed by atoms with Crippen LogP contribution in [0.2, 0.25) is 0 Å². The fourth-order valence-electron chi connectivity index (χ4n) is 2.91. The zero-order chi connectivity index (χ0) is 20.2. The van der Waals surface area contributed by atoms with Gasteiger partial charge >= 0.3 is 6.18 Å². The number of hydrogen-bond acceptors (Lipinski definition) is 5. The number of nitrogens with one attached hydrogen (secondary N) is 1. The molecule has 10 heteroatoms. The summed E-state index contributed by atoms with van der Waals surface area (Å²) in [5.74, 6) is -1.41. The lowest BCUT2D eigenvalue weighted by molar-refractivity contribution is -0.144. The minimum absolute atomic E-state index is 0.0928. The first-order chi connectivity index (χ1) is 12.7. The number of nitrogens with zero attached hydrogens (tertiary/aromatic N) is 5. The van der Waals surface area contributed by atoms with Crippen LogP contribution in [-0.2, 0) is 17.4 Å².